The van der Waals surface area contributed by atoms with Crippen molar-refractivity contribution < 1.29 is 19.1 Å². The molecular formula is C18H15IN2O4. The summed E-state index contributed by atoms with van der Waals surface area (Å²) < 4.78 is 12.2. The van der Waals surface area contributed by atoms with E-state index in [2.05, 4.69) is 33.2 Å². The second-order valence-electron chi connectivity index (χ2n) is 5.27. The first-order valence-electron chi connectivity index (χ1n) is 7.45. The van der Waals surface area contributed by atoms with Crippen LogP contribution in [0.3, 0.4) is 0 Å². The molecule has 0 radical (unpaired) electrons. The average Bonchev–Trinajstić information content (AvgIpc) is 2.91. The van der Waals surface area contributed by atoms with Crippen LogP contribution >= 0.6 is 22.6 Å². The van der Waals surface area contributed by atoms with Gasteiger partial charge in [-0.1, -0.05) is 30.3 Å². The SMILES string of the molecule is COc1cc(/C=C2\NC(=O)NC2=O)cc(I)c1OCc1ccccc1. The van der Waals surface area contributed by atoms with Gasteiger partial charge in [-0.05, 0) is 51.9 Å². The summed E-state index contributed by atoms with van der Waals surface area (Å²) in [5.74, 6) is 0.733. The fraction of sp³-hybridized carbons (Fsp3) is 0.111. The Hall–Kier alpha value is -2.55. The summed E-state index contributed by atoms with van der Waals surface area (Å²) in [6.45, 7) is 0.423. The quantitative estimate of drug-likeness (QED) is 0.417. The molecule has 128 valence electrons. The molecule has 1 aliphatic rings. The van der Waals surface area contributed by atoms with Crippen LogP contribution < -0.4 is 20.1 Å². The monoisotopic (exact) mass is 450 g/mol. The first-order chi connectivity index (χ1) is 12.1. The molecule has 1 saturated heterocycles. The van der Waals surface area contributed by atoms with Crippen molar-refractivity contribution in [2.24, 2.45) is 0 Å². The molecule has 0 bridgehead atoms. The van der Waals surface area contributed by atoms with E-state index in [1.165, 1.54) is 0 Å². The first-order valence-corrected chi connectivity index (χ1v) is 8.53. The zero-order valence-corrected chi connectivity index (χ0v) is 15.5. The normalized spacial score (nSPS) is 15.0. The Balaban J connectivity index is 1.85. The van der Waals surface area contributed by atoms with Gasteiger partial charge in [-0.3, -0.25) is 10.1 Å². The molecule has 6 nitrogen and oxygen atoms in total. The molecule has 1 heterocycles. The topological polar surface area (TPSA) is 76.7 Å². The lowest BCUT2D eigenvalue weighted by Crippen LogP contribution is -2.22. The van der Waals surface area contributed by atoms with Crippen LogP contribution in [-0.4, -0.2) is 19.0 Å². The van der Waals surface area contributed by atoms with Crippen LogP contribution in [0.1, 0.15) is 11.1 Å². The van der Waals surface area contributed by atoms with Gasteiger partial charge in [-0.15, -0.1) is 0 Å². The molecule has 3 amide bonds. The lowest BCUT2D eigenvalue weighted by molar-refractivity contribution is -0.115. The van der Waals surface area contributed by atoms with E-state index in [1.54, 1.807) is 19.3 Å². The molecule has 0 atom stereocenters. The molecule has 0 aromatic heterocycles. The summed E-state index contributed by atoms with van der Waals surface area (Å²) in [6.07, 6.45) is 1.59. The number of benzene rings is 2. The predicted octanol–water partition coefficient (Wildman–Crippen LogP) is 3.06. The second kappa shape index (κ2) is 7.56. The lowest BCUT2D eigenvalue weighted by atomic mass is 10.1. The average molecular weight is 450 g/mol. The van der Waals surface area contributed by atoms with E-state index in [0.29, 0.717) is 18.1 Å². The van der Waals surface area contributed by atoms with Crippen molar-refractivity contribution in [2.45, 2.75) is 6.61 Å². The maximum atomic E-state index is 11.6. The number of hydrogen-bond acceptors (Lipinski definition) is 4. The van der Waals surface area contributed by atoms with E-state index < -0.39 is 11.9 Å². The molecule has 3 rings (SSSR count). The third-order valence-corrected chi connectivity index (χ3v) is 4.31. The number of carbonyl (C=O) groups is 2. The highest BCUT2D eigenvalue weighted by molar-refractivity contribution is 14.1. The van der Waals surface area contributed by atoms with Gasteiger partial charge in [0.15, 0.2) is 11.5 Å². The molecule has 0 aliphatic carbocycles. The largest absolute Gasteiger partial charge is 0.493 e. The summed E-state index contributed by atoms with van der Waals surface area (Å²) in [4.78, 5) is 22.8. The molecule has 1 fully saturated rings. The highest BCUT2D eigenvalue weighted by atomic mass is 127. The zero-order chi connectivity index (χ0) is 17.8. The smallest absolute Gasteiger partial charge is 0.326 e. The van der Waals surface area contributed by atoms with E-state index in [4.69, 9.17) is 9.47 Å². The number of imide groups is 1. The Labute approximate surface area is 158 Å². The second-order valence-corrected chi connectivity index (χ2v) is 6.44. The molecule has 0 spiro atoms. The number of methoxy groups -OCH3 is 1. The predicted molar refractivity (Wildman–Crippen MR) is 101 cm³/mol. The van der Waals surface area contributed by atoms with Crippen LogP contribution in [0.2, 0.25) is 0 Å². The van der Waals surface area contributed by atoms with Gasteiger partial charge in [-0.25, -0.2) is 4.79 Å². The Morgan fingerprint density at radius 3 is 2.52 bits per heavy atom. The van der Waals surface area contributed by atoms with Gasteiger partial charge in [0.25, 0.3) is 5.91 Å². The Bertz CT molecular complexity index is 850. The van der Waals surface area contributed by atoms with Gasteiger partial charge in [-0.2, -0.15) is 0 Å². The Kier molecular flexibility index (Phi) is 5.22. The summed E-state index contributed by atoms with van der Waals surface area (Å²) in [6, 6.07) is 12.9. The molecule has 25 heavy (non-hydrogen) atoms. The van der Waals surface area contributed by atoms with Gasteiger partial charge >= 0.3 is 6.03 Å². The van der Waals surface area contributed by atoms with Gasteiger partial charge < -0.3 is 14.8 Å². The standard InChI is InChI=1S/C18H15IN2O4/c1-24-15-9-12(8-14-17(22)21-18(23)20-14)7-13(19)16(15)25-10-11-5-3-2-4-6-11/h2-9H,10H2,1H3,(H2,20,21,22,23)/b14-8-. The van der Waals surface area contributed by atoms with Crippen molar-refractivity contribution in [3.05, 3.63) is 62.9 Å². The van der Waals surface area contributed by atoms with Crippen LogP contribution in [0.25, 0.3) is 6.08 Å². The number of carbonyl (C=O) groups excluding carboxylic acids is 2. The van der Waals surface area contributed by atoms with Crippen molar-refractivity contribution in [2.75, 3.05) is 7.11 Å². The zero-order valence-electron chi connectivity index (χ0n) is 13.3. The molecule has 7 heteroatoms. The van der Waals surface area contributed by atoms with Crippen molar-refractivity contribution in [1.29, 1.82) is 0 Å². The third-order valence-electron chi connectivity index (χ3n) is 3.51. The minimum Gasteiger partial charge on any atom is -0.493 e. The van der Waals surface area contributed by atoms with Crippen LogP contribution in [-0.2, 0) is 11.4 Å². The van der Waals surface area contributed by atoms with Gasteiger partial charge in [0.2, 0.25) is 0 Å². The third kappa shape index (κ3) is 4.11. The molecule has 1 aliphatic heterocycles. The highest BCUT2D eigenvalue weighted by Crippen LogP contribution is 2.35. The molecular weight excluding hydrogens is 435 g/mol. The Morgan fingerprint density at radius 1 is 1.12 bits per heavy atom. The van der Waals surface area contributed by atoms with Gasteiger partial charge in [0.05, 0.1) is 10.7 Å². The number of ether oxygens (including phenoxy) is 2. The number of urea groups is 1. The van der Waals surface area contributed by atoms with Crippen molar-refractivity contribution >= 4 is 40.6 Å². The minimum atomic E-state index is -0.527. The molecule has 2 N–H and O–H groups in total. The minimum absolute atomic E-state index is 0.195. The maximum Gasteiger partial charge on any atom is 0.326 e. The van der Waals surface area contributed by atoms with E-state index in [1.807, 2.05) is 36.4 Å². The van der Waals surface area contributed by atoms with Gasteiger partial charge in [0.1, 0.15) is 12.3 Å². The summed E-state index contributed by atoms with van der Waals surface area (Å²) >= 11 is 2.15. The number of nitrogens with one attached hydrogen (secondary N) is 2. The Morgan fingerprint density at radius 2 is 1.88 bits per heavy atom. The summed E-state index contributed by atoms with van der Waals surface area (Å²) in [5, 5.41) is 4.62. The molecule has 0 saturated carbocycles. The summed E-state index contributed by atoms with van der Waals surface area (Å²) in [7, 11) is 1.56. The molecule has 2 aromatic carbocycles. The van der Waals surface area contributed by atoms with Crippen molar-refractivity contribution in [3.63, 3.8) is 0 Å². The number of amides is 3. The number of halogens is 1. The van der Waals surface area contributed by atoms with E-state index >= 15 is 0 Å². The maximum absolute atomic E-state index is 11.6. The lowest BCUT2D eigenvalue weighted by Gasteiger charge is -2.14. The van der Waals surface area contributed by atoms with Crippen molar-refractivity contribution in [3.8, 4) is 11.5 Å². The first kappa shape index (κ1) is 17.3. The highest BCUT2D eigenvalue weighted by Gasteiger charge is 2.23. The van der Waals surface area contributed by atoms with Crippen molar-refractivity contribution in [1.82, 2.24) is 10.6 Å². The van der Waals surface area contributed by atoms with E-state index in [9.17, 15) is 9.59 Å². The molecule has 0 unspecified atom stereocenters. The number of rotatable bonds is 5. The van der Waals surface area contributed by atoms with Crippen LogP contribution in [0.4, 0.5) is 4.79 Å². The van der Waals surface area contributed by atoms with Crippen LogP contribution in [0.15, 0.2) is 48.2 Å². The molecule has 2 aromatic rings. The van der Waals surface area contributed by atoms with Crippen LogP contribution in [0, 0.1) is 3.57 Å². The van der Waals surface area contributed by atoms with E-state index in [0.717, 1.165) is 14.7 Å². The number of hydrogen-bond donors (Lipinski definition) is 2. The fourth-order valence-electron chi connectivity index (χ4n) is 2.34. The summed E-state index contributed by atoms with van der Waals surface area (Å²) in [5.41, 5.74) is 1.97. The van der Waals surface area contributed by atoms with Gasteiger partial charge in [0, 0.05) is 0 Å². The van der Waals surface area contributed by atoms with Crippen LogP contribution in [0.5, 0.6) is 11.5 Å². The fourth-order valence-corrected chi connectivity index (χ4v) is 3.12. The van der Waals surface area contributed by atoms with E-state index in [-0.39, 0.29) is 5.70 Å².